The second-order valence-corrected chi connectivity index (χ2v) is 5.11. The first-order valence-electron chi connectivity index (χ1n) is 6.24. The van der Waals surface area contributed by atoms with Gasteiger partial charge in [0.2, 0.25) is 0 Å². The summed E-state index contributed by atoms with van der Waals surface area (Å²) in [6.45, 7) is 6.30. The van der Waals surface area contributed by atoms with E-state index in [9.17, 15) is 0 Å². The normalized spacial score (nSPS) is 27.4. The van der Waals surface area contributed by atoms with Crippen molar-refractivity contribution < 1.29 is 4.74 Å². The third-order valence-electron chi connectivity index (χ3n) is 3.56. The van der Waals surface area contributed by atoms with Gasteiger partial charge in [-0.1, -0.05) is 19.9 Å². The van der Waals surface area contributed by atoms with Gasteiger partial charge in [-0.25, -0.2) is 0 Å². The largest absolute Gasteiger partial charge is 0.381 e. The van der Waals surface area contributed by atoms with Gasteiger partial charge in [0, 0.05) is 20.3 Å². The quantitative estimate of drug-likeness (QED) is 0.716. The third kappa shape index (κ3) is 2.46. The molecule has 0 amide bonds. The van der Waals surface area contributed by atoms with Crippen molar-refractivity contribution in [3.63, 3.8) is 0 Å². The van der Waals surface area contributed by atoms with Crippen LogP contribution in [0, 0.1) is 11.8 Å². The number of nitrogens with zero attached hydrogens (tertiary/aromatic N) is 2. The maximum absolute atomic E-state index is 5.40. The lowest BCUT2D eigenvalue weighted by atomic mass is 9.88. The Morgan fingerprint density at radius 1 is 1.38 bits per heavy atom. The molecule has 0 aromatic heterocycles. The molecule has 0 aliphatic carbocycles. The fourth-order valence-electron chi connectivity index (χ4n) is 2.48. The zero-order chi connectivity index (χ0) is 11.5. The SMILES string of the molecule is CC(C)C1C=C(C2CCOCC2)C=NN1C. The van der Waals surface area contributed by atoms with Gasteiger partial charge in [-0.15, -0.1) is 0 Å². The molecule has 2 aliphatic heterocycles. The average molecular weight is 222 g/mol. The number of hydrazone groups is 1. The summed E-state index contributed by atoms with van der Waals surface area (Å²) >= 11 is 0. The fraction of sp³-hybridized carbons (Fsp3) is 0.769. The van der Waals surface area contributed by atoms with Gasteiger partial charge < -0.3 is 4.74 Å². The van der Waals surface area contributed by atoms with E-state index < -0.39 is 0 Å². The predicted octanol–water partition coefficient (Wildman–Crippen LogP) is 2.30. The van der Waals surface area contributed by atoms with E-state index in [1.807, 2.05) is 6.21 Å². The standard InChI is InChI=1S/C13H22N2O/c1-10(2)13-8-12(9-14-15(13)3)11-4-6-16-7-5-11/h8-11,13H,4-7H2,1-3H3. The van der Waals surface area contributed by atoms with Crippen LogP contribution in [0.25, 0.3) is 0 Å². The number of allylic oxidation sites excluding steroid dienone is 1. The Morgan fingerprint density at radius 3 is 2.69 bits per heavy atom. The molecule has 1 saturated heterocycles. The van der Waals surface area contributed by atoms with Crippen LogP contribution in [0.3, 0.4) is 0 Å². The first-order chi connectivity index (χ1) is 7.68. The number of likely N-dealkylation sites (N-methyl/N-ethyl adjacent to an activating group) is 1. The van der Waals surface area contributed by atoms with Crippen molar-refractivity contribution in [2.45, 2.75) is 32.7 Å². The second-order valence-electron chi connectivity index (χ2n) is 5.11. The molecule has 1 unspecified atom stereocenters. The Bertz CT molecular complexity index is 290. The summed E-state index contributed by atoms with van der Waals surface area (Å²) in [6.07, 6.45) is 6.72. The molecule has 90 valence electrons. The van der Waals surface area contributed by atoms with Gasteiger partial charge in [-0.2, -0.15) is 5.10 Å². The minimum atomic E-state index is 0.447. The molecule has 16 heavy (non-hydrogen) atoms. The second kappa shape index (κ2) is 5.00. The number of hydrogen-bond acceptors (Lipinski definition) is 3. The maximum atomic E-state index is 5.40. The Hall–Kier alpha value is -0.830. The molecular formula is C13H22N2O. The van der Waals surface area contributed by atoms with Crippen LogP contribution in [0.15, 0.2) is 16.8 Å². The molecular weight excluding hydrogens is 200 g/mol. The third-order valence-corrected chi connectivity index (χ3v) is 3.56. The number of hydrogen-bond donors (Lipinski definition) is 0. The van der Waals surface area contributed by atoms with E-state index >= 15 is 0 Å². The van der Waals surface area contributed by atoms with Crippen molar-refractivity contribution in [2.24, 2.45) is 16.9 Å². The van der Waals surface area contributed by atoms with E-state index in [0.717, 1.165) is 26.1 Å². The molecule has 0 N–H and O–H groups in total. The van der Waals surface area contributed by atoms with Crippen molar-refractivity contribution in [1.29, 1.82) is 0 Å². The molecule has 0 bridgehead atoms. The van der Waals surface area contributed by atoms with Gasteiger partial charge in [0.25, 0.3) is 0 Å². The van der Waals surface area contributed by atoms with Gasteiger partial charge >= 0.3 is 0 Å². The summed E-state index contributed by atoms with van der Waals surface area (Å²) in [5.41, 5.74) is 1.42. The Kier molecular flexibility index (Phi) is 3.64. The van der Waals surface area contributed by atoms with Crippen LogP contribution in [0.2, 0.25) is 0 Å². The average Bonchev–Trinajstić information content (AvgIpc) is 2.30. The molecule has 0 radical (unpaired) electrons. The Labute approximate surface area is 98.2 Å². The Balaban J connectivity index is 2.08. The Morgan fingerprint density at radius 2 is 2.06 bits per heavy atom. The summed E-state index contributed by atoms with van der Waals surface area (Å²) in [4.78, 5) is 0. The monoisotopic (exact) mass is 222 g/mol. The minimum absolute atomic E-state index is 0.447. The highest BCUT2D eigenvalue weighted by atomic mass is 16.5. The number of ether oxygens (including phenoxy) is 1. The molecule has 0 aromatic rings. The minimum Gasteiger partial charge on any atom is -0.381 e. The first kappa shape index (κ1) is 11.6. The lowest BCUT2D eigenvalue weighted by molar-refractivity contribution is 0.0765. The lowest BCUT2D eigenvalue weighted by Crippen LogP contribution is -2.34. The van der Waals surface area contributed by atoms with Crippen molar-refractivity contribution in [3.05, 3.63) is 11.6 Å². The fourth-order valence-corrected chi connectivity index (χ4v) is 2.48. The summed E-state index contributed by atoms with van der Waals surface area (Å²) in [6, 6.07) is 0.447. The van der Waals surface area contributed by atoms with Crippen LogP contribution in [-0.2, 0) is 4.74 Å². The lowest BCUT2D eigenvalue weighted by Gasteiger charge is -2.32. The van der Waals surface area contributed by atoms with E-state index in [1.165, 1.54) is 5.57 Å². The summed E-state index contributed by atoms with van der Waals surface area (Å²) in [5.74, 6) is 1.27. The van der Waals surface area contributed by atoms with Crippen LogP contribution >= 0.6 is 0 Å². The molecule has 0 spiro atoms. The highest BCUT2D eigenvalue weighted by molar-refractivity contribution is 5.80. The zero-order valence-electron chi connectivity index (χ0n) is 10.5. The van der Waals surface area contributed by atoms with Gasteiger partial charge in [0.1, 0.15) is 0 Å². The highest BCUT2D eigenvalue weighted by Gasteiger charge is 2.24. The van der Waals surface area contributed by atoms with E-state index in [4.69, 9.17) is 4.74 Å². The van der Waals surface area contributed by atoms with Crippen LogP contribution in [-0.4, -0.2) is 37.5 Å². The molecule has 0 saturated carbocycles. The summed E-state index contributed by atoms with van der Waals surface area (Å²) in [5, 5.41) is 6.55. The van der Waals surface area contributed by atoms with Gasteiger partial charge in [-0.3, -0.25) is 5.01 Å². The van der Waals surface area contributed by atoms with Crippen molar-refractivity contribution in [3.8, 4) is 0 Å². The van der Waals surface area contributed by atoms with Crippen LogP contribution < -0.4 is 0 Å². The smallest absolute Gasteiger partial charge is 0.0676 e. The van der Waals surface area contributed by atoms with Crippen molar-refractivity contribution in [1.82, 2.24) is 5.01 Å². The van der Waals surface area contributed by atoms with E-state index in [1.54, 1.807) is 0 Å². The van der Waals surface area contributed by atoms with Gasteiger partial charge in [0.05, 0.1) is 12.3 Å². The van der Waals surface area contributed by atoms with E-state index in [-0.39, 0.29) is 0 Å². The van der Waals surface area contributed by atoms with E-state index in [2.05, 4.69) is 37.1 Å². The van der Waals surface area contributed by atoms with Crippen LogP contribution in [0.5, 0.6) is 0 Å². The predicted molar refractivity (Wildman–Crippen MR) is 66.5 cm³/mol. The molecule has 3 nitrogen and oxygen atoms in total. The molecule has 1 atom stereocenters. The highest BCUT2D eigenvalue weighted by Crippen LogP contribution is 2.26. The molecule has 2 rings (SSSR count). The van der Waals surface area contributed by atoms with Crippen LogP contribution in [0.4, 0.5) is 0 Å². The molecule has 2 aliphatic rings. The zero-order valence-corrected chi connectivity index (χ0v) is 10.5. The van der Waals surface area contributed by atoms with Gasteiger partial charge in [0.15, 0.2) is 0 Å². The topological polar surface area (TPSA) is 24.8 Å². The van der Waals surface area contributed by atoms with E-state index in [0.29, 0.717) is 17.9 Å². The summed E-state index contributed by atoms with van der Waals surface area (Å²) in [7, 11) is 2.05. The molecule has 3 heteroatoms. The van der Waals surface area contributed by atoms with Crippen LogP contribution in [0.1, 0.15) is 26.7 Å². The molecule has 0 aromatic carbocycles. The van der Waals surface area contributed by atoms with Crippen molar-refractivity contribution >= 4 is 6.21 Å². The first-order valence-corrected chi connectivity index (χ1v) is 6.24. The molecule has 2 heterocycles. The van der Waals surface area contributed by atoms with Crippen molar-refractivity contribution in [2.75, 3.05) is 20.3 Å². The molecule has 1 fully saturated rings. The number of rotatable bonds is 2. The summed E-state index contributed by atoms with van der Waals surface area (Å²) < 4.78 is 5.40. The maximum Gasteiger partial charge on any atom is 0.0676 e. The van der Waals surface area contributed by atoms with Gasteiger partial charge in [-0.05, 0) is 30.3 Å².